The fraction of sp³-hybridized carbons (Fsp3) is 0.211. The second kappa shape index (κ2) is 6.05. The summed E-state index contributed by atoms with van der Waals surface area (Å²) in [5.41, 5.74) is 2.97. The molecule has 0 radical (unpaired) electrons. The van der Waals surface area contributed by atoms with Crippen LogP contribution in [0.4, 0.5) is 0 Å². The third kappa shape index (κ3) is 2.76. The topological polar surface area (TPSA) is 70.4 Å². The number of benzene rings is 2. The maximum atomic E-state index is 12.3. The summed E-state index contributed by atoms with van der Waals surface area (Å²) in [4.78, 5) is 28.3. The highest BCUT2D eigenvalue weighted by atomic mass is 16.6. The molecule has 2 aromatic carbocycles. The molecule has 2 heterocycles. The highest BCUT2D eigenvalue weighted by molar-refractivity contribution is 5.95. The molecule has 0 saturated carbocycles. The van der Waals surface area contributed by atoms with Gasteiger partial charge in [-0.05, 0) is 37.3 Å². The standard InChI is InChI=1S/C19H16N2O4/c1-12-20-15-11-13(18(22)25-17-9-10-24-19(17)23)7-8-16(15)21(12)14-5-3-2-4-6-14/h2-8,11,17H,9-10H2,1H3/t17-/m0/s1. The van der Waals surface area contributed by atoms with Gasteiger partial charge in [0.15, 0.2) is 0 Å². The van der Waals surface area contributed by atoms with Crippen LogP contribution in [0.15, 0.2) is 48.5 Å². The number of hydrogen-bond acceptors (Lipinski definition) is 5. The molecule has 25 heavy (non-hydrogen) atoms. The van der Waals surface area contributed by atoms with Crippen LogP contribution >= 0.6 is 0 Å². The van der Waals surface area contributed by atoms with Gasteiger partial charge in [-0.1, -0.05) is 18.2 Å². The van der Waals surface area contributed by atoms with Gasteiger partial charge in [0.2, 0.25) is 6.10 Å². The molecule has 1 aliphatic rings. The van der Waals surface area contributed by atoms with E-state index in [0.717, 1.165) is 17.0 Å². The minimum absolute atomic E-state index is 0.288. The molecule has 1 atom stereocenters. The summed E-state index contributed by atoms with van der Waals surface area (Å²) >= 11 is 0. The Balaban J connectivity index is 1.67. The Morgan fingerprint density at radius 2 is 2.04 bits per heavy atom. The monoisotopic (exact) mass is 336 g/mol. The number of rotatable bonds is 3. The van der Waals surface area contributed by atoms with Gasteiger partial charge in [-0.25, -0.2) is 14.6 Å². The molecule has 1 saturated heterocycles. The summed E-state index contributed by atoms with van der Waals surface area (Å²) in [7, 11) is 0. The van der Waals surface area contributed by atoms with Crippen LogP contribution in [-0.2, 0) is 14.3 Å². The molecule has 0 N–H and O–H groups in total. The molecular weight excluding hydrogens is 320 g/mol. The van der Waals surface area contributed by atoms with Crippen molar-refractivity contribution >= 4 is 23.0 Å². The van der Waals surface area contributed by atoms with E-state index in [1.165, 1.54) is 0 Å². The number of hydrogen-bond donors (Lipinski definition) is 0. The summed E-state index contributed by atoms with van der Waals surface area (Å²) in [6.45, 7) is 2.20. The first-order valence-electron chi connectivity index (χ1n) is 8.05. The highest BCUT2D eigenvalue weighted by Gasteiger charge is 2.30. The number of carbonyl (C=O) groups excluding carboxylic acids is 2. The quantitative estimate of drug-likeness (QED) is 0.688. The van der Waals surface area contributed by atoms with Gasteiger partial charge >= 0.3 is 11.9 Å². The first-order valence-corrected chi connectivity index (χ1v) is 8.05. The molecule has 3 aromatic rings. The molecule has 126 valence electrons. The molecule has 0 unspecified atom stereocenters. The molecule has 1 aliphatic heterocycles. The predicted molar refractivity (Wildman–Crippen MR) is 90.6 cm³/mol. The van der Waals surface area contributed by atoms with Crippen molar-refractivity contribution in [1.29, 1.82) is 0 Å². The van der Waals surface area contributed by atoms with Crippen LogP contribution in [0, 0.1) is 6.92 Å². The second-order valence-corrected chi connectivity index (χ2v) is 5.88. The fourth-order valence-corrected chi connectivity index (χ4v) is 3.01. The highest BCUT2D eigenvalue weighted by Crippen LogP contribution is 2.23. The molecule has 6 heteroatoms. The number of ether oxygens (including phenoxy) is 2. The lowest BCUT2D eigenvalue weighted by atomic mass is 10.2. The summed E-state index contributed by atoms with van der Waals surface area (Å²) in [6.07, 6.45) is -0.416. The lowest BCUT2D eigenvalue weighted by Crippen LogP contribution is -2.22. The maximum absolute atomic E-state index is 12.3. The first kappa shape index (κ1) is 15.4. The normalized spacial score (nSPS) is 16.8. The lowest BCUT2D eigenvalue weighted by Gasteiger charge is -2.09. The van der Waals surface area contributed by atoms with Crippen molar-refractivity contribution in [3.63, 3.8) is 0 Å². The summed E-state index contributed by atoms with van der Waals surface area (Å²) in [6, 6.07) is 15.1. The third-order valence-electron chi connectivity index (χ3n) is 4.21. The molecule has 0 aliphatic carbocycles. The van der Waals surface area contributed by atoms with Crippen molar-refractivity contribution in [2.24, 2.45) is 0 Å². The molecule has 1 fully saturated rings. The molecule has 0 bridgehead atoms. The first-order chi connectivity index (χ1) is 12.1. The van der Waals surface area contributed by atoms with Crippen molar-refractivity contribution in [1.82, 2.24) is 9.55 Å². The molecule has 0 spiro atoms. The third-order valence-corrected chi connectivity index (χ3v) is 4.21. The number of imidazole rings is 1. The van der Waals surface area contributed by atoms with Gasteiger partial charge < -0.3 is 9.47 Å². The van der Waals surface area contributed by atoms with Gasteiger partial charge in [0, 0.05) is 12.1 Å². The van der Waals surface area contributed by atoms with E-state index >= 15 is 0 Å². The van der Waals surface area contributed by atoms with Gasteiger partial charge in [-0.15, -0.1) is 0 Å². The van der Waals surface area contributed by atoms with Crippen LogP contribution in [0.2, 0.25) is 0 Å². The molecular formula is C19H16N2O4. The van der Waals surface area contributed by atoms with Gasteiger partial charge in [-0.3, -0.25) is 4.57 Å². The number of cyclic esters (lactones) is 1. The Morgan fingerprint density at radius 3 is 2.76 bits per heavy atom. The Morgan fingerprint density at radius 1 is 1.24 bits per heavy atom. The Kier molecular flexibility index (Phi) is 3.72. The average molecular weight is 336 g/mol. The fourth-order valence-electron chi connectivity index (χ4n) is 3.01. The van der Waals surface area contributed by atoms with Gasteiger partial charge in [-0.2, -0.15) is 0 Å². The van der Waals surface area contributed by atoms with Crippen LogP contribution < -0.4 is 0 Å². The SMILES string of the molecule is Cc1nc2cc(C(=O)O[C@H]3CCOC3=O)ccc2n1-c1ccccc1. The van der Waals surface area contributed by atoms with Gasteiger partial charge in [0.1, 0.15) is 5.82 Å². The maximum Gasteiger partial charge on any atom is 0.347 e. The number of aromatic nitrogens is 2. The number of nitrogens with zero attached hydrogens (tertiary/aromatic N) is 2. The minimum atomic E-state index is -0.813. The van der Waals surface area contributed by atoms with Crippen LogP contribution in [0.3, 0.4) is 0 Å². The average Bonchev–Trinajstić information content (AvgIpc) is 3.17. The van der Waals surface area contributed by atoms with Crippen LogP contribution in [0.1, 0.15) is 22.6 Å². The van der Waals surface area contributed by atoms with Crippen molar-refractivity contribution in [3.05, 3.63) is 59.9 Å². The summed E-state index contributed by atoms with van der Waals surface area (Å²) < 4.78 is 12.1. The number of aryl methyl sites for hydroxylation is 1. The molecule has 6 nitrogen and oxygen atoms in total. The van der Waals surface area contributed by atoms with Crippen molar-refractivity contribution in [2.75, 3.05) is 6.61 Å². The van der Waals surface area contributed by atoms with E-state index in [1.54, 1.807) is 12.1 Å². The Hall–Kier alpha value is -3.15. The molecule has 0 amide bonds. The van der Waals surface area contributed by atoms with Crippen molar-refractivity contribution in [3.8, 4) is 5.69 Å². The predicted octanol–water partition coefficient (Wildman–Crippen LogP) is 2.81. The Bertz CT molecular complexity index is 962. The van der Waals surface area contributed by atoms with E-state index in [9.17, 15) is 9.59 Å². The summed E-state index contributed by atoms with van der Waals surface area (Å²) in [5, 5.41) is 0. The minimum Gasteiger partial charge on any atom is -0.463 e. The van der Waals surface area contributed by atoms with E-state index in [0.29, 0.717) is 17.5 Å². The zero-order chi connectivity index (χ0) is 17.4. The van der Waals surface area contributed by atoms with Gasteiger partial charge in [0.05, 0.1) is 23.2 Å². The number of carbonyl (C=O) groups is 2. The van der Waals surface area contributed by atoms with Crippen LogP contribution in [0.25, 0.3) is 16.7 Å². The smallest absolute Gasteiger partial charge is 0.347 e. The van der Waals surface area contributed by atoms with Crippen LogP contribution in [-0.4, -0.2) is 34.2 Å². The summed E-state index contributed by atoms with van der Waals surface area (Å²) in [5.74, 6) is -0.206. The largest absolute Gasteiger partial charge is 0.463 e. The van der Waals surface area contributed by atoms with Crippen LogP contribution in [0.5, 0.6) is 0 Å². The van der Waals surface area contributed by atoms with E-state index in [1.807, 2.05) is 47.9 Å². The van der Waals surface area contributed by atoms with Gasteiger partial charge in [0.25, 0.3) is 0 Å². The van der Waals surface area contributed by atoms with E-state index in [4.69, 9.17) is 9.47 Å². The molecule has 4 rings (SSSR count). The molecule has 1 aromatic heterocycles. The van der Waals surface area contributed by atoms with Crippen molar-refractivity contribution < 1.29 is 19.1 Å². The zero-order valence-electron chi connectivity index (χ0n) is 13.6. The number of para-hydroxylation sites is 1. The van der Waals surface area contributed by atoms with E-state index < -0.39 is 18.0 Å². The Labute approximate surface area is 144 Å². The van der Waals surface area contributed by atoms with Crippen molar-refractivity contribution in [2.45, 2.75) is 19.4 Å². The lowest BCUT2D eigenvalue weighted by molar-refractivity contribution is -0.145. The van der Waals surface area contributed by atoms with E-state index in [-0.39, 0.29) is 6.61 Å². The number of esters is 2. The zero-order valence-corrected chi connectivity index (χ0v) is 13.6. The number of fused-ring (bicyclic) bond motifs is 1. The van der Waals surface area contributed by atoms with E-state index in [2.05, 4.69) is 4.98 Å². The second-order valence-electron chi connectivity index (χ2n) is 5.88.